The molecule has 1 aromatic rings. The van der Waals surface area contributed by atoms with Crippen LogP contribution in [0, 0.1) is 5.41 Å². The summed E-state index contributed by atoms with van der Waals surface area (Å²) in [6.07, 6.45) is 0. The highest BCUT2D eigenvalue weighted by Crippen LogP contribution is 2.29. The molecular formula is C17H28N2S. The van der Waals surface area contributed by atoms with Gasteiger partial charge in [-0.2, -0.15) is 11.8 Å². The number of nitrogens with one attached hydrogen (secondary N) is 1. The summed E-state index contributed by atoms with van der Waals surface area (Å²) in [6, 6.07) is 9.38. The van der Waals surface area contributed by atoms with E-state index < -0.39 is 0 Å². The van der Waals surface area contributed by atoms with Crippen LogP contribution in [0.25, 0.3) is 0 Å². The minimum atomic E-state index is 0.290. The molecule has 1 heterocycles. The number of para-hydroxylation sites is 1. The Morgan fingerprint density at radius 1 is 1.30 bits per heavy atom. The molecule has 0 fully saturated rings. The summed E-state index contributed by atoms with van der Waals surface area (Å²) in [5.41, 5.74) is 3.14. The van der Waals surface area contributed by atoms with Gasteiger partial charge in [0.25, 0.3) is 0 Å². The lowest BCUT2D eigenvalue weighted by molar-refractivity contribution is 0.272. The number of nitrogens with zero attached hydrogens (tertiary/aromatic N) is 1. The Morgan fingerprint density at radius 2 is 2.05 bits per heavy atom. The van der Waals surface area contributed by atoms with Crippen LogP contribution < -0.4 is 10.2 Å². The molecule has 2 rings (SSSR count). The maximum atomic E-state index is 3.75. The van der Waals surface area contributed by atoms with Crippen LogP contribution in [0.15, 0.2) is 24.3 Å². The predicted octanol–water partition coefficient (Wildman–Crippen LogP) is 3.76. The van der Waals surface area contributed by atoms with Crippen LogP contribution in [-0.2, 0) is 6.54 Å². The molecule has 3 heteroatoms. The highest BCUT2D eigenvalue weighted by molar-refractivity contribution is 7.99. The van der Waals surface area contributed by atoms with Crippen molar-refractivity contribution < 1.29 is 0 Å². The quantitative estimate of drug-likeness (QED) is 0.851. The molecule has 1 atom stereocenters. The van der Waals surface area contributed by atoms with Crippen molar-refractivity contribution in [3.05, 3.63) is 29.8 Å². The molecule has 0 amide bonds. The largest absolute Gasteiger partial charge is 0.369 e. The lowest BCUT2D eigenvalue weighted by Gasteiger charge is -2.34. The van der Waals surface area contributed by atoms with Crippen molar-refractivity contribution in [1.29, 1.82) is 0 Å². The van der Waals surface area contributed by atoms with Crippen molar-refractivity contribution in [3.8, 4) is 0 Å². The summed E-state index contributed by atoms with van der Waals surface area (Å²) in [4.78, 5) is 2.58. The average Bonchev–Trinajstić information content (AvgIpc) is 2.59. The van der Waals surface area contributed by atoms with Crippen molar-refractivity contribution in [3.63, 3.8) is 0 Å². The Labute approximate surface area is 128 Å². The Balaban J connectivity index is 2.18. The second kappa shape index (κ2) is 6.86. The van der Waals surface area contributed by atoms with Gasteiger partial charge in [-0.1, -0.05) is 45.9 Å². The summed E-state index contributed by atoms with van der Waals surface area (Å²) in [7, 11) is 0. The van der Waals surface area contributed by atoms with E-state index in [0.29, 0.717) is 6.04 Å². The van der Waals surface area contributed by atoms with E-state index in [0.717, 1.165) is 19.6 Å². The lowest BCUT2D eigenvalue weighted by Crippen LogP contribution is -2.47. The number of benzene rings is 1. The first-order valence-electron chi connectivity index (χ1n) is 7.66. The Kier molecular flexibility index (Phi) is 5.39. The van der Waals surface area contributed by atoms with Crippen molar-refractivity contribution in [2.45, 2.75) is 40.3 Å². The van der Waals surface area contributed by atoms with E-state index in [1.807, 2.05) is 11.8 Å². The second-order valence-electron chi connectivity index (χ2n) is 6.57. The molecule has 1 aliphatic heterocycles. The zero-order valence-electron chi connectivity index (χ0n) is 13.3. The molecule has 20 heavy (non-hydrogen) atoms. The first-order chi connectivity index (χ1) is 9.52. The van der Waals surface area contributed by atoms with Crippen LogP contribution in [0.4, 0.5) is 5.69 Å². The third kappa shape index (κ3) is 3.92. The summed E-state index contributed by atoms with van der Waals surface area (Å²) in [5, 5.41) is 3.75. The first-order valence-corrected chi connectivity index (χ1v) is 8.82. The molecule has 1 aliphatic rings. The maximum absolute atomic E-state index is 3.75. The fraction of sp³-hybridized carbons (Fsp3) is 0.647. The van der Waals surface area contributed by atoms with Gasteiger partial charge in [-0.25, -0.2) is 0 Å². The number of anilines is 1. The van der Waals surface area contributed by atoms with Crippen LogP contribution in [0.1, 0.15) is 33.3 Å². The fourth-order valence-corrected chi connectivity index (χ4v) is 3.33. The van der Waals surface area contributed by atoms with Crippen molar-refractivity contribution in [2.75, 3.05) is 29.5 Å². The molecule has 1 aromatic carbocycles. The molecule has 112 valence electrons. The van der Waals surface area contributed by atoms with Crippen molar-refractivity contribution in [1.82, 2.24) is 5.32 Å². The van der Waals surface area contributed by atoms with Crippen LogP contribution in [-0.4, -0.2) is 30.6 Å². The van der Waals surface area contributed by atoms with Gasteiger partial charge >= 0.3 is 0 Å². The number of hydrogen-bond donors (Lipinski definition) is 1. The van der Waals surface area contributed by atoms with Gasteiger partial charge < -0.3 is 10.2 Å². The number of hydrogen-bond acceptors (Lipinski definition) is 3. The van der Waals surface area contributed by atoms with E-state index in [4.69, 9.17) is 0 Å². The zero-order chi connectivity index (χ0) is 14.6. The van der Waals surface area contributed by atoms with Gasteiger partial charge in [0.15, 0.2) is 0 Å². The van der Waals surface area contributed by atoms with E-state index in [1.165, 1.54) is 22.8 Å². The molecular weight excluding hydrogens is 264 g/mol. The normalized spacial score (nSPS) is 19.6. The summed E-state index contributed by atoms with van der Waals surface area (Å²) < 4.78 is 0. The maximum Gasteiger partial charge on any atom is 0.0412 e. The van der Waals surface area contributed by atoms with Gasteiger partial charge in [-0.3, -0.25) is 0 Å². The fourth-order valence-electron chi connectivity index (χ4n) is 2.70. The van der Waals surface area contributed by atoms with Crippen LogP contribution in [0.3, 0.4) is 0 Å². The molecule has 0 saturated heterocycles. The molecule has 1 unspecified atom stereocenters. The molecule has 0 spiro atoms. The van der Waals surface area contributed by atoms with Crippen LogP contribution in [0.5, 0.6) is 0 Å². The molecule has 0 radical (unpaired) electrons. The van der Waals surface area contributed by atoms with Gasteiger partial charge in [-0.05, 0) is 22.8 Å². The van der Waals surface area contributed by atoms with Gasteiger partial charge in [-0.15, -0.1) is 0 Å². The smallest absolute Gasteiger partial charge is 0.0412 e. The van der Waals surface area contributed by atoms with E-state index in [2.05, 4.69) is 62.2 Å². The van der Waals surface area contributed by atoms with E-state index in [1.54, 1.807) is 0 Å². The van der Waals surface area contributed by atoms with E-state index in [9.17, 15) is 0 Å². The standard InChI is InChI=1S/C17H28N2S/c1-5-20-11-10-19-13-16(17(2,3)4)18-12-14-8-6-7-9-15(14)19/h6-9,16,18H,5,10-13H2,1-4H3. The Bertz CT molecular complexity index is 425. The van der Waals surface area contributed by atoms with Gasteiger partial charge in [0, 0.05) is 37.1 Å². The van der Waals surface area contributed by atoms with Gasteiger partial charge in [0.05, 0.1) is 0 Å². The lowest BCUT2D eigenvalue weighted by atomic mass is 9.86. The van der Waals surface area contributed by atoms with Crippen molar-refractivity contribution in [2.24, 2.45) is 5.41 Å². The molecule has 2 nitrogen and oxygen atoms in total. The highest BCUT2D eigenvalue weighted by atomic mass is 32.2. The van der Waals surface area contributed by atoms with Gasteiger partial charge in [0.2, 0.25) is 0 Å². The van der Waals surface area contributed by atoms with Gasteiger partial charge in [0.1, 0.15) is 0 Å². The average molecular weight is 292 g/mol. The topological polar surface area (TPSA) is 15.3 Å². The minimum absolute atomic E-state index is 0.290. The third-order valence-electron chi connectivity index (χ3n) is 4.03. The molecule has 1 N–H and O–H groups in total. The number of rotatable bonds is 4. The Morgan fingerprint density at radius 3 is 2.75 bits per heavy atom. The molecule has 0 bridgehead atoms. The highest BCUT2D eigenvalue weighted by Gasteiger charge is 2.29. The van der Waals surface area contributed by atoms with Crippen molar-refractivity contribution >= 4 is 17.4 Å². The molecule has 0 saturated carbocycles. The number of thioether (sulfide) groups is 1. The van der Waals surface area contributed by atoms with E-state index >= 15 is 0 Å². The first kappa shape index (κ1) is 15.7. The summed E-state index contributed by atoms with van der Waals surface area (Å²) in [5.74, 6) is 2.41. The molecule has 0 aliphatic carbocycles. The number of fused-ring (bicyclic) bond motifs is 1. The Hall–Kier alpha value is -0.670. The van der Waals surface area contributed by atoms with Crippen LogP contribution in [0.2, 0.25) is 0 Å². The predicted molar refractivity (Wildman–Crippen MR) is 91.7 cm³/mol. The van der Waals surface area contributed by atoms with Crippen LogP contribution >= 0.6 is 11.8 Å². The SMILES string of the molecule is CCSCCN1CC(C(C)(C)C)NCc2ccccc21. The third-order valence-corrected chi connectivity index (χ3v) is 4.91. The summed E-state index contributed by atoms with van der Waals surface area (Å²) >= 11 is 2.03. The van der Waals surface area contributed by atoms with E-state index in [-0.39, 0.29) is 5.41 Å². The molecule has 0 aromatic heterocycles. The zero-order valence-corrected chi connectivity index (χ0v) is 14.1. The second-order valence-corrected chi connectivity index (χ2v) is 7.97. The summed E-state index contributed by atoms with van der Waals surface area (Å²) in [6.45, 7) is 12.5. The minimum Gasteiger partial charge on any atom is -0.369 e. The monoisotopic (exact) mass is 292 g/mol.